The van der Waals surface area contributed by atoms with Gasteiger partial charge in [0.25, 0.3) is 0 Å². The molecule has 0 aliphatic carbocycles. The molecule has 1 aromatic carbocycles. The molecular weight excluding hydrogens is 264 g/mol. The van der Waals surface area contributed by atoms with Crippen molar-refractivity contribution in [1.82, 2.24) is 4.98 Å². The first-order chi connectivity index (χ1) is 10.2. The molecule has 0 saturated carbocycles. The Balaban J connectivity index is 2.28. The molecule has 4 heteroatoms. The molecule has 2 aromatic rings. The highest BCUT2D eigenvalue weighted by Gasteiger charge is 2.12. The third-order valence-corrected chi connectivity index (χ3v) is 3.26. The van der Waals surface area contributed by atoms with Crippen molar-refractivity contribution in [3.8, 4) is 0 Å². The molecule has 110 valence electrons. The number of esters is 1. The number of aryl methyl sites for hydroxylation is 1. The lowest BCUT2D eigenvalue weighted by atomic mass is 10.1. The number of rotatable bonds is 5. The van der Waals surface area contributed by atoms with Gasteiger partial charge in [0.2, 0.25) is 0 Å². The minimum absolute atomic E-state index is 0.338. The number of benzene rings is 1. The number of anilines is 2. The maximum Gasteiger partial charge on any atom is 0.339 e. The fraction of sp³-hybridized carbons (Fsp3) is 0.294. The summed E-state index contributed by atoms with van der Waals surface area (Å²) in [7, 11) is 0. The van der Waals surface area contributed by atoms with Crippen LogP contribution in [0.3, 0.4) is 0 Å². The highest BCUT2D eigenvalue weighted by molar-refractivity contribution is 5.89. The molecule has 0 aliphatic heterocycles. The third kappa shape index (κ3) is 3.40. The summed E-state index contributed by atoms with van der Waals surface area (Å²) in [4.78, 5) is 18.2. The van der Waals surface area contributed by atoms with Crippen LogP contribution < -0.4 is 4.90 Å². The Morgan fingerprint density at radius 2 is 1.95 bits per heavy atom. The van der Waals surface area contributed by atoms with Crippen LogP contribution in [-0.4, -0.2) is 24.1 Å². The van der Waals surface area contributed by atoms with Crippen LogP contribution in [-0.2, 0) is 4.74 Å². The molecule has 0 unspecified atom stereocenters. The number of aromatic nitrogens is 1. The minimum Gasteiger partial charge on any atom is -0.462 e. The van der Waals surface area contributed by atoms with Crippen molar-refractivity contribution in [1.29, 1.82) is 0 Å². The van der Waals surface area contributed by atoms with Crippen LogP contribution in [0.1, 0.15) is 29.8 Å². The normalized spacial score (nSPS) is 10.2. The highest BCUT2D eigenvalue weighted by Crippen LogP contribution is 2.26. The van der Waals surface area contributed by atoms with Gasteiger partial charge >= 0.3 is 5.97 Å². The van der Waals surface area contributed by atoms with Crippen LogP contribution in [0, 0.1) is 6.92 Å². The van der Waals surface area contributed by atoms with Crippen LogP contribution in [0.5, 0.6) is 0 Å². The van der Waals surface area contributed by atoms with Gasteiger partial charge in [0.15, 0.2) is 0 Å². The van der Waals surface area contributed by atoms with E-state index in [1.165, 1.54) is 5.56 Å². The van der Waals surface area contributed by atoms with Gasteiger partial charge in [-0.15, -0.1) is 0 Å². The zero-order valence-corrected chi connectivity index (χ0v) is 12.7. The quantitative estimate of drug-likeness (QED) is 0.785. The first kappa shape index (κ1) is 15.0. The third-order valence-electron chi connectivity index (χ3n) is 3.26. The SMILES string of the molecule is CCOC(=O)c1ccc(N(CC)c2ccccc2C)nc1. The highest BCUT2D eigenvalue weighted by atomic mass is 16.5. The second-order valence-corrected chi connectivity index (χ2v) is 4.66. The van der Waals surface area contributed by atoms with E-state index in [9.17, 15) is 4.79 Å². The lowest BCUT2D eigenvalue weighted by molar-refractivity contribution is 0.0526. The van der Waals surface area contributed by atoms with Crippen molar-refractivity contribution in [2.24, 2.45) is 0 Å². The first-order valence-electron chi connectivity index (χ1n) is 7.13. The fourth-order valence-electron chi connectivity index (χ4n) is 2.20. The lowest BCUT2D eigenvalue weighted by Crippen LogP contribution is -2.18. The first-order valence-corrected chi connectivity index (χ1v) is 7.13. The zero-order chi connectivity index (χ0) is 15.2. The van der Waals surface area contributed by atoms with Gasteiger partial charge in [-0.1, -0.05) is 18.2 Å². The predicted molar refractivity (Wildman–Crippen MR) is 84.1 cm³/mol. The van der Waals surface area contributed by atoms with Gasteiger partial charge in [0, 0.05) is 18.4 Å². The Morgan fingerprint density at radius 1 is 1.19 bits per heavy atom. The van der Waals surface area contributed by atoms with Crippen LogP contribution in [0.4, 0.5) is 11.5 Å². The number of carbonyl (C=O) groups is 1. The Hall–Kier alpha value is -2.36. The molecule has 0 N–H and O–H groups in total. The Bertz CT molecular complexity index is 608. The average Bonchev–Trinajstić information content (AvgIpc) is 2.51. The maximum atomic E-state index is 11.6. The fourth-order valence-corrected chi connectivity index (χ4v) is 2.20. The van der Waals surface area contributed by atoms with Gasteiger partial charge < -0.3 is 9.64 Å². The molecule has 0 aliphatic rings. The van der Waals surface area contributed by atoms with Crippen LogP contribution in [0.15, 0.2) is 42.6 Å². The molecule has 0 radical (unpaired) electrons. The summed E-state index contributed by atoms with van der Waals surface area (Å²) in [5, 5.41) is 0. The van der Waals surface area contributed by atoms with E-state index in [0.29, 0.717) is 12.2 Å². The van der Waals surface area contributed by atoms with E-state index in [1.807, 2.05) is 18.2 Å². The van der Waals surface area contributed by atoms with E-state index >= 15 is 0 Å². The molecule has 0 amide bonds. The Labute approximate surface area is 125 Å². The molecule has 0 saturated heterocycles. The van der Waals surface area contributed by atoms with Gasteiger partial charge in [-0.2, -0.15) is 0 Å². The van der Waals surface area contributed by atoms with Crippen molar-refractivity contribution in [3.05, 3.63) is 53.7 Å². The van der Waals surface area contributed by atoms with Gasteiger partial charge in [0.05, 0.1) is 12.2 Å². The Kier molecular flexibility index (Phi) is 4.93. The number of hydrogen-bond acceptors (Lipinski definition) is 4. The molecule has 0 bridgehead atoms. The topological polar surface area (TPSA) is 42.4 Å². The van der Waals surface area contributed by atoms with Gasteiger partial charge in [-0.3, -0.25) is 0 Å². The molecule has 0 atom stereocenters. The molecule has 21 heavy (non-hydrogen) atoms. The van der Waals surface area contributed by atoms with E-state index in [1.54, 1.807) is 19.2 Å². The van der Waals surface area contributed by atoms with Crippen LogP contribution in [0.2, 0.25) is 0 Å². The smallest absolute Gasteiger partial charge is 0.339 e. The van der Waals surface area contributed by atoms with E-state index in [-0.39, 0.29) is 5.97 Å². The number of para-hydroxylation sites is 1. The summed E-state index contributed by atoms with van der Waals surface area (Å²) in [5.41, 5.74) is 2.79. The standard InChI is InChI=1S/C17H20N2O2/c1-4-19(15-9-7-6-8-13(15)3)16-11-10-14(12-18-16)17(20)21-5-2/h6-12H,4-5H2,1-3H3. The monoisotopic (exact) mass is 284 g/mol. The summed E-state index contributed by atoms with van der Waals surface area (Å²) < 4.78 is 4.97. The summed E-state index contributed by atoms with van der Waals surface area (Å²) in [6, 6.07) is 11.8. The minimum atomic E-state index is -0.338. The second kappa shape index (κ2) is 6.88. The van der Waals surface area contributed by atoms with E-state index in [4.69, 9.17) is 4.74 Å². The summed E-state index contributed by atoms with van der Waals surface area (Å²) in [6.07, 6.45) is 1.56. The van der Waals surface area contributed by atoms with E-state index in [2.05, 4.69) is 35.9 Å². The predicted octanol–water partition coefficient (Wildman–Crippen LogP) is 3.72. The van der Waals surface area contributed by atoms with E-state index in [0.717, 1.165) is 18.1 Å². The van der Waals surface area contributed by atoms with Crippen molar-refractivity contribution < 1.29 is 9.53 Å². The average molecular weight is 284 g/mol. The molecule has 0 fully saturated rings. The van der Waals surface area contributed by atoms with Gasteiger partial charge in [-0.05, 0) is 44.5 Å². The van der Waals surface area contributed by atoms with Crippen molar-refractivity contribution in [2.45, 2.75) is 20.8 Å². The van der Waals surface area contributed by atoms with E-state index < -0.39 is 0 Å². The van der Waals surface area contributed by atoms with Crippen LogP contribution in [0.25, 0.3) is 0 Å². The summed E-state index contributed by atoms with van der Waals surface area (Å²) in [5.74, 6) is 0.482. The van der Waals surface area contributed by atoms with Gasteiger partial charge in [-0.25, -0.2) is 9.78 Å². The van der Waals surface area contributed by atoms with Crippen molar-refractivity contribution in [2.75, 3.05) is 18.1 Å². The zero-order valence-electron chi connectivity index (χ0n) is 12.7. The largest absolute Gasteiger partial charge is 0.462 e. The Morgan fingerprint density at radius 3 is 2.52 bits per heavy atom. The molecule has 2 rings (SSSR count). The van der Waals surface area contributed by atoms with Crippen molar-refractivity contribution in [3.63, 3.8) is 0 Å². The summed E-state index contributed by atoms with van der Waals surface area (Å²) in [6.45, 7) is 7.11. The van der Waals surface area contributed by atoms with Crippen molar-refractivity contribution >= 4 is 17.5 Å². The van der Waals surface area contributed by atoms with Gasteiger partial charge in [0.1, 0.15) is 5.82 Å². The number of carbonyl (C=O) groups excluding carboxylic acids is 1. The number of pyridine rings is 1. The molecule has 1 heterocycles. The molecule has 1 aromatic heterocycles. The molecule has 0 spiro atoms. The lowest BCUT2D eigenvalue weighted by Gasteiger charge is -2.24. The molecular formula is C17H20N2O2. The van der Waals surface area contributed by atoms with Crippen LogP contribution >= 0.6 is 0 Å². The number of ether oxygens (including phenoxy) is 1. The summed E-state index contributed by atoms with van der Waals surface area (Å²) >= 11 is 0. The second-order valence-electron chi connectivity index (χ2n) is 4.66. The number of nitrogens with zero attached hydrogens (tertiary/aromatic N) is 2. The number of hydrogen-bond donors (Lipinski definition) is 0. The molecule has 4 nitrogen and oxygen atoms in total. The maximum absolute atomic E-state index is 11.6.